The standard InChI is InChI=1S/C20H29N3O2/c1-17(24)23-13-7-10-19(23)20(25)22(15-14-21-11-5-6-12-21)16-18-8-3-2-4-9-18/h2-4,8-9,19H,5-7,10-16H2,1H3/t19-/m0/s1. The minimum absolute atomic E-state index is 0.00931. The van der Waals surface area contributed by atoms with Crippen LogP contribution in [0.15, 0.2) is 30.3 Å². The lowest BCUT2D eigenvalue weighted by molar-refractivity contribution is -0.143. The first-order valence-electron chi connectivity index (χ1n) is 9.47. The molecule has 0 saturated carbocycles. The fourth-order valence-corrected chi connectivity index (χ4v) is 3.95. The highest BCUT2D eigenvalue weighted by molar-refractivity contribution is 5.87. The molecule has 2 saturated heterocycles. The van der Waals surface area contributed by atoms with Crippen LogP contribution < -0.4 is 0 Å². The second-order valence-corrected chi connectivity index (χ2v) is 7.16. The molecule has 1 aromatic rings. The molecule has 3 rings (SSSR count). The van der Waals surface area contributed by atoms with Crippen molar-refractivity contribution in [2.45, 2.75) is 45.2 Å². The Morgan fingerprint density at radius 1 is 1.08 bits per heavy atom. The summed E-state index contributed by atoms with van der Waals surface area (Å²) in [6.45, 7) is 6.82. The molecule has 1 atom stereocenters. The Morgan fingerprint density at radius 2 is 1.80 bits per heavy atom. The van der Waals surface area contributed by atoms with E-state index in [4.69, 9.17) is 0 Å². The van der Waals surface area contributed by atoms with E-state index < -0.39 is 0 Å². The van der Waals surface area contributed by atoms with E-state index in [9.17, 15) is 9.59 Å². The second kappa shape index (κ2) is 8.48. The summed E-state index contributed by atoms with van der Waals surface area (Å²) < 4.78 is 0. The summed E-state index contributed by atoms with van der Waals surface area (Å²) in [6, 6.07) is 9.86. The highest BCUT2D eigenvalue weighted by Gasteiger charge is 2.35. The molecule has 0 radical (unpaired) electrons. The SMILES string of the molecule is CC(=O)N1CCC[C@H]1C(=O)N(CCN1CCCC1)Cc1ccccc1. The van der Waals surface area contributed by atoms with Gasteiger partial charge in [-0.05, 0) is 44.3 Å². The maximum atomic E-state index is 13.2. The zero-order valence-corrected chi connectivity index (χ0v) is 15.2. The van der Waals surface area contributed by atoms with Gasteiger partial charge < -0.3 is 14.7 Å². The molecule has 0 N–H and O–H groups in total. The number of carbonyl (C=O) groups is 2. The number of likely N-dealkylation sites (tertiary alicyclic amines) is 2. The monoisotopic (exact) mass is 343 g/mol. The predicted molar refractivity (Wildman–Crippen MR) is 97.9 cm³/mol. The molecule has 5 heteroatoms. The molecule has 0 aromatic heterocycles. The van der Waals surface area contributed by atoms with Gasteiger partial charge in [0.05, 0.1) is 0 Å². The summed E-state index contributed by atoms with van der Waals surface area (Å²) in [4.78, 5) is 31.2. The van der Waals surface area contributed by atoms with Crippen LogP contribution >= 0.6 is 0 Å². The third-order valence-corrected chi connectivity index (χ3v) is 5.36. The van der Waals surface area contributed by atoms with Crippen LogP contribution in [0.2, 0.25) is 0 Å². The number of hydrogen-bond acceptors (Lipinski definition) is 3. The highest BCUT2D eigenvalue weighted by atomic mass is 16.2. The number of amides is 2. The van der Waals surface area contributed by atoms with E-state index >= 15 is 0 Å². The lowest BCUT2D eigenvalue weighted by Crippen LogP contribution is -2.48. The van der Waals surface area contributed by atoms with Gasteiger partial charge >= 0.3 is 0 Å². The molecule has 0 spiro atoms. The molecule has 0 bridgehead atoms. The molecular formula is C20H29N3O2. The number of carbonyl (C=O) groups excluding carboxylic acids is 2. The van der Waals surface area contributed by atoms with Crippen LogP contribution in [0.4, 0.5) is 0 Å². The van der Waals surface area contributed by atoms with Gasteiger partial charge in [0.15, 0.2) is 0 Å². The maximum Gasteiger partial charge on any atom is 0.245 e. The largest absolute Gasteiger partial charge is 0.335 e. The van der Waals surface area contributed by atoms with E-state index in [2.05, 4.69) is 17.0 Å². The topological polar surface area (TPSA) is 43.9 Å². The van der Waals surface area contributed by atoms with Crippen molar-refractivity contribution < 1.29 is 9.59 Å². The van der Waals surface area contributed by atoms with E-state index in [1.165, 1.54) is 12.8 Å². The molecule has 2 aliphatic rings. The van der Waals surface area contributed by atoms with Gasteiger partial charge in [-0.1, -0.05) is 30.3 Å². The van der Waals surface area contributed by atoms with Gasteiger partial charge in [-0.25, -0.2) is 0 Å². The Hall–Kier alpha value is -1.88. The Morgan fingerprint density at radius 3 is 2.48 bits per heavy atom. The molecular weight excluding hydrogens is 314 g/mol. The molecule has 2 aliphatic heterocycles. The fraction of sp³-hybridized carbons (Fsp3) is 0.600. The number of benzene rings is 1. The maximum absolute atomic E-state index is 13.2. The summed E-state index contributed by atoms with van der Waals surface area (Å²) in [5.41, 5.74) is 1.14. The van der Waals surface area contributed by atoms with Crippen LogP contribution in [-0.2, 0) is 16.1 Å². The number of nitrogens with zero attached hydrogens (tertiary/aromatic N) is 3. The molecule has 2 heterocycles. The van der Waals surface area contributed by atoms with Crippen LogP contribution in [0.5, 0.6) is 0 Å². The first-order chi connectivity index (χ1) is 12.1. The zero-order chi connectivity index (χ0) is 17.6. The minimum Gasteiger partial charge on any atom is -0.335 e. The Bertz CT molecular complexity index is 584. The molecule has 25 heavy (non-hydrogen) atoms. The van der Waals surface area contributed by atoms with Crippen molar-refractivity contribution in [1.29, 1.82) is 0 Å². The van der Waals surface area contributed by atoms with Gasteiger partial charge in [0.1, 0.15) is 6.04 Å². The highest BCUT2D eigenvalue weighted by Crippen LogP contribution is 2.21. The summed E-state index contributed by atoms with van der Waals surface area (Å²) in [5.74, 6) is 0.116. The van der Waals surface area contributed by atoms with Crippen LogP contribution in [0, 0.1) is 0 Å². The number of rotatable bonds is 6. The van der Waals surface area contributed by atoms with Gasteiger partial charge in [-0.15, -0.1) is 0 Å². The smallest absolute Gasteiger partial charge is 0.245 e. The second-order valence-electron chi connectivity index (χ2n) is 7.16. The molecule has 1 aromatic carbocycles. The van der Waals surface area contributed by atoms with Crippen molar-refractivity contribution in [3.63, 3.8) is 0 Å². The molecule has 2 fully saturated rings. The van der Waals surface area contributed by atoms with Gasteiger partial charge in [0.2, 0.25) is 11.8 Å². The van der Waals surface area contributed by atoms with Crippen molar-refractivity contribution in [1.82, 2.24) is 14.7 Å². The summed E-state index contributed by atoms with van der Waals surface area (Å²) in [5, 5.41) is 0. The van der Waals surface area contributed by atoms with E-state index in [0.717, 1.165) is 44.6 Å². The van der Waals surface area contributed by atoms with Crippen molar-refractivity contribution in [3.8, 4) is 0 Å². The number of hydrogen-bond donors (Lipinski definition) is 0. The Labute approximate surface area is 150 Å². The van der Waals surface area contributed by atoms with Gasteiger partial charge in [-0.3, -0.25) is 9.59 Å². The van der Waals surface area contributed by atoms with Gasteiger partial charge in [-0.2, -0.15) is 0 Å². The molecule has 0 unspecified atom stereocenters. The molecule has 0 aliphatic carbocycles. The molecule has 136 valence electrons. The predicted octanol–water partition coefficient (Wildman–Crippen LogP) is 2.12. The molecule has 5 nitrogen and oxygen atoms in total. The van der Waals surface area contributed by atoms with Gasteiger partial charge in [0.25, 0.3) is 0 Å². The third-order valence-electron chi connectivity index (χ3n) is 5.36. The quantitative estimate of drug-likeness (QED) is 0.795. The van der Waals surface area contributed by atoms with Crippen molar-refractivity contribution in [2.24, 2.45) is 0 Å². The van der Waals surface area contributed by atoms with E-state index in [0.29, 0.717) is 13.1 Å². The van der Waals surface area contributed by atoms with E-state index in [-0.39, 0.29) is 17.9 Å². The summed E-state index contributed by atoms with van der Waals surface area (Å²) in [7, 11) is 0. The fourth-order valence-electron chi connectivity index (χ4n) is 3.95. The average Bonchev–Trinajstić information content (AvgIpc) is 3.30. The lowest BCUT2D eigenvalue weighted by atomic mass is 10.1. The van der Waals surface area contributed by atoms with Crippen molar-refractivity contribution in [2.75, 3.05) is 32.7 Å². The van der Waals surface area contributed by atoms with Crippen LogP contribution in [-0.4, -0.2) is 65.3 Å². The van der Waals surface area contributed by atoms with Gasteiger partial charge in [0, 0.05) is 33.1 Å². The lowest BCUT2D eigenvalue weighted by Gasteiger charge is -2.31. The van der Waals surface area contributed by atoms with Crippen LogP contribution in [0.1, 0.15) is 38.2 Å². The Balaban J connectivity index is 1.69. The van der Waals surface area contributed by atoms with Crippen molar-refractivity contribution >= 4 is 11.8 Å². The average molecular weight is 343 g/mol. The van der Waals surface area contributed by atoms with Crippen LogP contribution in [0.3, 0.4) is 0 Å². The Kier molecular flexibility index (Phi) is 6.08. The van der Waals surface area contributed by atoms with Crippen molar-refractivity contribution in [3.05, 3.63) is 35.9 Å². The van der Waals surface area contributed by atoms with E-state index in [1.54, 1.807) is 11.8 Å². The molecule has 2 amide bonds. The van der Waals surface area contributed by atoms with Crippen LogP contribution in [0.25, 0.3) is 0 Å². The normalized spacial score (nSPS) is 20.8. The summed E-state index contributed by atoms with van der Waals surface area (Å²) in [6.07, 6.45) is 4.22. The first-order valence-corrected chi connectivity index (χ1v) is 9.47. The first kappa shape index (κ1) is 17.9. The summed E-state index contributed by atoms with van der Waals surface area (Å²) >= 11 is 0. The minimum atomic E-state index is -0.278. The van der Waals surface area contributed by atoms with E-state index in [1.807, 2.05) is 23.1 Å². The zero-order valence-electron chi connectivity index (χ0n) is 15.2. The third kappa shape index (κ3) is 4.60.